The largest absolute Gasteiger partial charge is 0.196 e. The number of rotatable bonds is 0. The summed E-state index contributed by atoms with van der Waals surface area (Å²) in [6, 6.07) is 3.71. The maximum Gasteiger partial charge on any atom is 0.193 e. The Balaban J connectivity index is 2.46. The van der Waals surface area contributed by atoms with Crippen molar-refractivity contribution in [3.8, 4) is 24.0 Å². The molecule has 1 rings (SSSR count). The molecular formula is C11H12N2. The first-order valence-corrected chi connectivity index (χ1v) is 4.67. The van der Waals surface area contributed by atoms with Crippen LogP contribution in [0.2, 0.25) is 0 Å². The van der Waals surface area contributed by atoms with Gasteiger partial charge in [-0.3, -0.25) is 0 Å². The molecule has 0 aliphatic heterocycles. The Morgan fingerprint density at radius 1 is 1.00 bits per heavy atom. The molecule has 0 amide bonds. The topological polar surface area (TPSA) is 47.6 Å². The van der Waals surface area contributed by atoms with E-state index in [2.05, 4.69) is 11.8 Å². The first kappa shape index (κ1) is 9.63. The molecule has 0 radical (unpaired) electrons. The molecule has 1 saturated carbocycles. The lowest BCUT2D eigenvalue weighted by Gasteiger charge is -2.15. The van der Waals surface area contributed by atoms with Gasteiger partial charge in [-0.05, 0) is 12.8 Å². The predicted molar refractivity (Wildman–Crippen MR) is 49.1 cm³/mol. The van der Waals surface area contributed by atoms with Crippen LogP contribution in [0.25, 0.3) is 0 Å². The van der Waals surface area contributed by atoms with E-state index in [9.17, 15) is 0 Å². The molecule has 0 bridgehead atoms. The van der Waals surface area contributed by atoms with Crippen molar-refractivity contribution in [2.45, 2.75) is 32.1 Å². The van der Waals surface area contributed by atoms with Crippen LogP contribution in [-0.4, -0.2) is 0 Å². The maximum absolute atomic E-state index is 8.48. The van der Waals surface area contributed by atoms with Crippen molar-refractivity contribution < 1.29 is 0 Å². The smallest absolute Gasteiger partial charge is 0.193 e. The highest BCUT2D eigenvalue weighted by atomic mass is 14.3. The molecule has 0 spiro atoms. The van der Waals surface area contributed by atoms with E-state index in [1.165, 1.54) is 19.3 Å². The lowest BCUT2D eigenvalue weighted by molar-refractivity contribution is 0.430. The monoisotopic (exact) mass is 172 g/mol. The maximum atomic E-state index is 8.48. The van der Waals surface area contributed by atoms with Gasteiger partial charge in [-0.1, -0.05) is 31.1 Å². The molecule has 66 valence electrons. The van der Waals surface area contributed by atoms with Gasteiger partial charge in [0.15, 0.2) is 5.92 Å². The first-order valence-electron chi connectivity index (χ1n) is 4.67. The third-order valence-corrected chi connectivity index (χ3v) is 2.30. The zero-order valence-corrected chi connectivity index (χ0v) is 7.58. The van der Waals surface area contributed by atoms with Gasteiger partial charge in [0.1, 0.15) is 0 Å². The molecule has 0 aromatic heterocycles. The molecule has 1 fully saturated rings. The van der Waals surface area contributed by atoms with E-state index in [-0.39, 0.29) is 0 Å². The van der Waals surface area contributed by atoms with Crippen molar-refractivity contribution in [1.82, 2.24) is 0 Å². The van der Waals surface area contributed by atoms with Crippen LogP contribution in [0.5, 0.6) is 0 Å². The van der Waals surface area contributed by atoms with Gasteiger partial charge in [0.05, 0.1) is 12.1 Å². The van der Waals surface area contributed by atoms with Gasteiger partial charge in [-0.25, -0.2) is 0 Å². The van der Waals surface area contributed by atoms with Crippen molar-refractivity contribution in [1.29, 1.82) is 10.5 Å². The Morgan fingerprint density at radius 3 is 2.15 bits per heavy atom. The summed E-state index contributed by atoms with van der Waals surface area (Å²) in [4.78, 5) is 0. The summed E-state index contributed by atoms with van der Waals surface area (Å²) in [6.07, 6.45) is 6.05. The van der Waals surface area contributed by atoms with E-state index in [0.717, 1.165) is 12.8 Å². The standard InChI is InChI=1S/C11H12N2/c12-8-11(9-13)7-6-10-4-2-1-3-5-10/h10-11H,1-5H2. The molecule has 1 aliphatic rings. The van der Waals surface area contributed by atoms with Crippen molar-refractivity contribution in [2.24, 2.45) is 11.8 Å². The van der Waals surface area contributed by atoms with E-state index in [0.29, 0.717) is 5.92 Å². The Morgan fingerprint density at radius 2 is 1.62 bits per heavy atom. The van der Waals surface area contributed by atoms with E-state index in [1.54, 1.807) is 0 Å². The number of nitrogens with zero attached hydrogens (tertiary/aromatic N) is 2. The normalized spacial score (nSPS) is 16.8. The van der Waals surface area contributed by atoms with Crippen LogP contribution in [-0.2, 0) is 0 Å². The Bertz CT molecular complexity index is 275. The Kier molecular flexibility index (Phi) is 3.87. The molecule has 0 unspecified atom stereocenters. The Hall–Kier alpha value is -1.46. The fourth-order valence-electron chi connectivity index (χ4n) is 1.54. The van der Waals surface area contributed by atoms with Crippen molar-refractivity contribution in [3.05, 3.63) is 0 Å². The van der Waals surface area contributed by atoms with E-state index < -0.39 is 5.92 Å². The fourth-order valence-corrected chi connectivity index (χ4v) is 1.54. The predicted octanol–water partition coefficient (Wildman–Crippen LogP) is 2.23. The zero-order valence-electron chi connectivity index (χ0n) is 7.58. The van der Waals surface area contributed by atoms with Gasteiger partial charge >= 0.3 is 0 Å². The third-order valence-electron chi connectivity index (χ3n) is 2.30. The highest BCUT2D eigenvalue weighted by Gasteiger charge is 2.10. The van der Waals surface area contributed by atoms with Crippen molar-refractivity contribution in [3.63, 3.8) is 0 Å². The molecule has 2 heteroatoms. The molecule has 0 heterocycles. The van der Waals surface area contributed by atoms with Crippen LogP contribution >= 0.6 is 0 Å². The van der Waals surface area contributed by atoms with Crippen LogP contribution in [0.15, 0.2) is 0 Å². The highest BCUT2D eigenvalue weighted by Crippen LogP contribution is 2.22. The molecule has 2 nitrogen and oxygen atoms in total. The number of hydrogen-bond donors (Lipinski definition) is 0. The quantitative estimate of drug-likeness (QED) is 0.526. The van der Waals surface area contributed by atoms with Gasteiger partial charge in [0, 0.05) is 5.92 Å². The second-order valence-corrected chi connectivity index (χ2v) is 3.31. The SMILES string of the molecule is N#CC(C#N)C#CC1CCCCC1. The van der Waals surface area contributed by atoms with E-state index >= 15 is 0 Å². The minimum Gasteiger partial charge on any atom is -0.196 e. The second-order valence-electron chi connectivity index (χ2n) is 3.31. The summed E-state index contributed by atoms with van der Waals surface area (Å²) in [5, 5.41) is 17.0. The second kappa shape index (κ2) is 5.23. The van der Waals surface area contributed by atoms with Gasteiger partial charge in [-0.15, -0.1) is 0 Å². The highest BCUT2D eigenvalue weighted by molar-refractivity contribution is 5.21. The van der Waals surface area contributed by atoms with Gasteiger partial charge in [-0.2, -0.15) is 10.5 Å². The van der Waals surface area contributed by atoms with E-state index in [1.807, 2.05) is 12.1 Å². The summed E-state index contributed by atoms with van der Waals surface area (Å²) in [6.45, 7) is 0. The average molecular weight is 172 g/mol. The first-order chi connectivity index (χ1) is 6.36. The summed E-state index contributed by atoms with van der Waals surface area (Å²) in [7, 11) is 0. The number of nitriles is 2. The minimum atomic E-state index is -0.734. The van der Waals surface area contributed by atoms with Crippen LogP contribution in [0.3, 0.4) is 0 Å². The summed E-state index contributed by atoms with van der Waals surface area (Å²) >= 11 is 0. The molecule has 0 saturated heterocycles. The molecular weight excluding hydrogens is 160 g/mol. The average Bonchev–Trinajstić information content (AvgIpc) is 2.21. The van der Waals surface area contributed by atoms with Gasteiger partial charge in [0.25, 0.3) is 0 Å². The van der Waals surface area contributed by atoms with Crippen molar-refractivity contribution in [2.75, 3.05) is 0 Å². The fraction of sp³-hybridized carbons (Fsp3) is 0.636. The molecule has 0 aromatic carbocycles. The van der Waals surface area contributed by atoms with Crippen LogP contribution in [0.4, 0.5) is 0 Å². The lowest BCUT2D eigenvalue weighted by atomic mass is 9.89. The third kappa shape index (κ3) is 3.18. The molecule has 0 atom stereocenters. The van der Waals surface area contributed by atoms with Crippen LogP contribution < -0.4 is 0 Å². The molecule has 0 aromatic rings. The lowest BCUT2D eigenvalue weighted by Crippen LogP contribution is -2.03. The summed E-state index contributed by atoms with van der Waals surface area (Å²) in [5.74, 6) is 5.44. The Labute approximate surface area is 79.2 Å². The zero-order chi connectivity index (χ0) is 9.52. The van der Waals surface area contributed by atoms with Crippen LogP contribution in [0.1, 0.15) is 32.1 Å². The molecule has 0 N–H and O–H groups in total. The summed E-state index contributed by atoms with van der Waals surface area (Å²) < 4.78 is 0. The van der Waals surface area contributed by atoms with E-state index in [4.69, 9.17) is 10.5 Å². The minimum absolute atomic E-state index is 0.429. The van der Waals surface area contributed by atoms with Crippen LogP contribution in [0, 0.1) is 46.3 Å². The summed E-state index contributed by atoms with van der Waals surface area (Å²) in [5.41, 5.74) is 0. The van der Waals surface area contributed by atoms with Crippen molar-refractivity contribution >= 4 is 0 Å². The van der Waals surface area contributed by atoms with Gasteiger partial charge in [0.2, 0.25) is 0 Å². The van der Waals surface area contributed by atoms with Gasteiger partial charge < -0.3 is 0 Å². The number of hydrogen-bond acceptors (Lipinski definition) is 2. The molecule has 1 aliphatic carbocycles. The molecule has 13 heavy (non-hydrogen) atoms.